The molecule has 25 heavy (non-hydrogen) atoms. The number of rotatable bonds is 13. The highest BCUT2D eigenvalue weighted by Crippen LogP contribution is 2.14. The lowest BCUT2D eigenvalue weighted by Crippen LogP contribution is -1.86. The standard InChI is InChI=1S/C18H30O.C4H6O.H2O/c1-2-3-4-5-6-7-8-9-10-11-12-17-13-15-18(19)16-14-17;1-3-5-4-2;/h13-16,19H,2-12H2,1H3;3-4H,1-2H2;1H2. The first-order chi connectivity index (χ1) is 11.7. The van der Waals surface area contributed by atoms with Crippen molar-refractivity contribution < 1.29 is 15.3 Å². The summed E-state index contributed by atoms with van der Waals surface area (Å²) in [5, 5.41) is 9.20. The van der Waals surface area contributed by atoms with Crippen LogP contribution < -0.4 is 0 Å². The molecule has 1 rings (SSSR count). The second kappa shape index (κ2) is 20.3. The lowest BCUT2D eigenvalue weighted by atomic mass is 10.0. The fraction of sp³-hybridized carbons (Fsp3) is 0.545. The van der Waals surface area contributed by atoms with Crippen molar-refractivity contribution in [2.45, 2.75) is 77.6 Å². The molecule has 0 amide bonds. The topological polar surface area (TPSA) is 61.0 Å². The molecule has 0 aromatic heterocycles. The first-order valence-corrected chi connectivity index (χ1v) is 9.39. The average Bonchev–Trinajstić information content (AvgIpc) is 2.59. The molecule has 1 aromatic rings. The summed E-state index contributed by atoms with van der Waals surface area (Å²) in [4.78, 5) is 0. The second-order valence-corrected chi connectivity index (χ2v) is 6.07. The summed E-state index contributed by atoms with van der Waals surface area (Å²) in [5.74, 6) is 0.367. The summed E-state index contributed by atoms with van der Waals surface area (Å²) in [6, 6.07) is 7.63. The SMILES string of the molecule is C=COC=C.CCCCCCCCCCCCc1ccc(O)cc1.O. The van der Waals surface area contributed by atoms with Crippen LogP contribution in [0.25, 0.3) is 0 Å². The Bertz CT molecular complexity index is 392. The van der Waals surface area contributed by atoms with Gasteiger partial charge in [0.2, 0.25) is 0 Å². The van der Waals surface area contributed by atoms with Gasteiger partial charge in [0.25, 0.3) is 0 Å². The van der Waals surface area contributed by atoms with Gasteiger partial charge >= 0.3 is 0 Å². The molecule has 3 N–H and O–H groups in total. The van der Waals surface area contributed by atoms with Gasteiger partial charge < -0.3 is 15.3 Å². The molecule has 0 atom stereocenters. The Morgan fingerprint density at radius 3 is 1.64 bits per heavy atom. The molecule has 0 radical (unpaired) electrons. The van der Waals surface area contributed by atoms with Crippen LogP contribution >= 0.6 is 0 Å². The van der Waals surface area contributed by atoms with Crippen molar-refractivity contribution >= 4 is 0 Å². The Kier molecular flexibility index (Phi) is 20.7. The Balaban J connectivity index is 0. The Hall–Kier alpha value is -1.74. The van der Waals surface area contributed by atoms with Gasteiger partial charge in [0, 0.05) is 0 Å². The lowest BCUT2D eigenvalue weighted by molar-refractivity contribution is 0.406. The monoisotopic (exact) mass is 350 g/mol. The molecule has 0 fully saturated rings. The number of phenols is 1. The fourth-order valence-corrected chi connectivity index (χ4v) is 2.55. The molecule has 0 saturated carbocycles. The van der Waals surface area contributed by atoms with Crippen LogP contribution in [0.2, 0.25) is 0 Å². The molecule has 3 nitrogen and oxygen atoms in total. The molecule has 0 spiro atoms. The van der Waals surface area contributed by atoms with Crippen molar-refractivity contribution in [1.82, 2.24) is 0 Å². The fourth-order valence-electron chi connectivity index (χ4n) is 2.55. The number of aryl methyl sites for hydroxylation is 1. The molecule has 0 heterocycles. The van der Waals surface area contributed by atoms with Crippen molar-refractivity contribution in [1.29, 1.82) is 0 Å². The maximum Gasteiger partial charge on any atom is 0.115 e. The van der Waals surface area contributed by atoms with Crippen LogP contribution in [0.15, 0.2) is 49.9 Å². The summed E-state index contributed by atoms with van der Waals surface area (Å²) < 4.78 is 4.36. The summed E-state index contributed by atoms with van der Waals surface area (Å²) in [7, 11) is 0. The third-order valence-electron chi connectivity index (χ3n) is 3.95. The maximum atomic E-state index is 9.20. The molecular weight excluding hydrogens is 312 g/mol. The largest absolute Gasteiger partial charge is 0.508 e. The van der Waals surface area contributed by atoms with Gasteiger partial charge in [-0.15, -0.1) is 0 Å². The number of ether oxygens (including phenoxy) is 1. The third kappa shape index (κ3) is 18.4. The minimum absolute atomic E-state index is 0. The van der Waals surface area contributed by atoms with Crippen molar-refractivity contribution in [3.05, 3.63) is 55.5 Å². The van der Waals surface area contributed by atoms with Crippen molar-refractivity contribution in [2.75, 3.05) is 0 Å². The summed E-state index contributed by atoms with van der Waals surface area (Å²) in [5.41, 5.74) is 1.34. The van der Waals surface area contributed by atoms with Crippen LogP contribution in [0.3, 0.4) is 0 Å². The van der Waals surface area contributed by atoms with Gasteiger partial charge in [-0.25, -0.2) is 0 Å². The highest BCUT2D eigenvalue weighted by Gasteiger charge is 1.95. The molecule has 3 heteroatoms. The molecular formula is C22H38O3. The number of aromatic hydroxyl groups is 1. The van der Waals surface area contributed by atoms with Crippen molar-refractivity contribution in [3.63, 3.8) is 0 Å². The number of hydrogen-bond donors (Lipinski definition) is 1. The Labute approximate surface area is 154 Å². The molecule has 144 valence electrons. The molecule has 0 aliphatic carbocycles. The van der Waals surface area contributed by atoms with Gasteiger partial charge in [0.05, 0.1) is 12.5 Å². The van der Waals surface area contributed by atoms with Gasteiger partial charge in [-0.05, 0) is 30.5 Å². The van der Waals surface area contributed by atoms with E-state index in [-0.39, 0.29) is 5.48 Å². The molecule has 0 bridgehead atoms. The van der Waals surface area contributed by atoms with Crippen molar-refractivity contribution in [3.8, 4) is 5.75 Å². The van der Waals surface area contributed by atoms with E-state index in [1.807, 2.05) is 12.1 Å². The highest BCUT2D eigenvalue weighted by atomic mass is 16.5. The van der Waals surface area contributed by atoms with E-state index in [1.165, 1.54) is 82.3 Å². The first-order valence-electron chi connectivity index (χ1n) is 9.39. The zero-order valence-electron chi connectivity index (χ0n) is 16.0. The summed E-state index contributed by atoms with van der Waals surface area (Å²) in [6.07, 6.45) is 17.6. The number of unbranched alkanes of at least 4 members (excludes halogenated alkanes) is 9. The summed E-state index contributed by atoms with van der Waals surface area (Å²) >= 11 is 0. The number of phenolic OH excluding ortho intramolecular Hbond substituents is 1. The van der Waals surface area contributed by atoms with Gasteiger partial charge in [-0.2, -0.15) is 0 Å². The van der Waals surface area contributed by atoms with E-state index in [1.54, 1.807) is 12.1 Å². The van der Waals surface area contributed by atoms with Crippen LogP contribution in [-0.4, -0.2) is 10.6 Å². The minimum Gasteiger partial charge on any atom is -0.508 e. The van der Waals surface area contributed by atoms with Crippen LogP contribution in [0.5, 0.6) is 5.75 Å². The van der Waals surface area contributed by atoms with Crippen LogP contribution in [-0.2, 0) is 11.2 Å². The van der Waals surface area contributed by atoms with Crippen LogP contribution in [0.4, 0.5) is 0 Å². The van der Waals surface area contributed by atoms with E-state index in [0.29, 0.717) is 5.75 Å². The van der Waals surface area contributed by atoms with Crippen molar-refractivity contribution in [2.24, 2.45) is 0 Å². The van der Waals surface area contributed by atoms with E-state index in [4.69, 9.17) is 0 Å². The quantitative estimate of drug-likeness (QED) is 0.334. The molecule has 0 aliphatic heterocycles. The molecule has 0 saturated heterocycles. The van der Waals surface area contributed by atoms with E-state index >= 15 is 0 Å². The third-order valence-corrected chi connectivity index (χ3v) is 3.95. The second-order valence-electron chi connectivity index (χ2n) is 6.07. The molecule has 0 unspecified atom stereocenters. The number of benzene rings is 1. The van der Waals surface area contributed by atoms with E-state index < -0.39 is 0 Å². The van der Waals surface area contributed by atoms with E-state index in [9.17, 15) is 5.11 Å². The molecule has 1 aromatic carbocycles. The predicted molar refractivity (Wildman–Crippen MR) is 109 cm³/mol. The normalized spacial score (nSPS) is 9.32. The van der Waals surface area contributed by atoms with E-state index in [0.717, 1.165) is 6.42 Å². The summed E-state index contributed by atoms with van der Waals surface area (Å²) in [6.45, 7) is 8.79. The van der Waals surface area contributed by atoms with Gasteiger partial charge in [0.1, 0.15) is 5.75 Å². The zero-order chi connectivity index (χ0) is 17.9. The minimum atomic E-state index is 0. The lowest BCUT2D eigenvalue weighted by Gasteiger charge is -2.03. The zero-order valence-corrected chi connectivity index (χ0v) is 16.0. The van der Waals surface area contributed by atoms with Gasteiger partial charge in [0.15, 0.2) is 0 Å². The van der Waals surface area contributed by atoms with Crippen LogP contribution in [0.1, 0.15) is 76.7 Å². The Morgan fingerprint density at radius 2 is 1.24 bits per heavy atom. The van der Waals surface area contributed by atoms with E-state index in [2.05, 4.69) is 24.8 Å². The maximum absolute atomic E-state index is 9.20. The smallest absolute Gasteiger partial charge is 0.115 e. The average molecular weight is 351 g/mol. The highest BCUT2D eigenvalue weighted by molar-refractivity contribution is 5.25. The van der Waals surface area contributed by atoms with Gasteiger partial charge in [-0.3, -0.25) is 0 Å². The first kappa shape index (κ1) is 25.5. The predicted octanol–water partition coefficient (Wildman–Crippen LogP) is 6.32. The van der Waals surface area contributed by atoms with Crippen LogP contribution in [0, 0.1) is 0 Å². The van der Waals surface area contributed by atoms with Gasteiger partial charge in [-0.1, -0.05) is 90.0 Å². The number of hydrogen-bond acceptors (Lipinski definition) is 2. The Morgan fingerprint density at radius 1 is 0.800 bits per heavy atom. The molecule has 0 aliphatic rings.